The zero-order chi connectivity index (χ0) is 19.4. The van der Waals surface area contributed by atoms with Crippen molar-refractivity contribution < 1.29 is 23.1 Å². The van der Waals surface area contributed by atoms with E-state index in [0.717, 1.165) is 12.1 Å². The van der Waals surface area contributed by atoms with Gasteiger partial charge in [0, 0.05) is 0 Å². The van der Waals surface area contributed by atoms with E-state index in [1.807, 2.05) is 0 Å². The lowest BCUT2D eigenvalue weighted by Crippen LogP contribution is -2.30. The summed E-state index contributed by atoms with van der Waals surface area (Å²) < 4.78 is 33.6. The first-order chi connectivity index (χ1) is 13.0. The van der Waals surface area contributed by atoms with Crippen LogP contribution in [0.1, 0.15) is 17.3 Å². The summed E-state index contributed by atoms with van der Waals surface area (Å²) in [7, 11) is 0. The van der Waals surface area contributed by atoms with Gasteiger partial charge in [0.1, 0.15) is 23.6 Å². The first-order valence-electron chi connectivity index (χ1n) is 7.75. The van der Waals surface area contributed by atoms with Crippen molar-refractivity contribution in [3.8, 4) is 5.69 Å². The van der Waals surface area contributed by atoms with E-state index in [2.05, 4.69) is 20.8 Å². The lowest BCUT2D eigenvalue weighted by molar-refractivity contribution is -0.123. The van der Waals surface area contributed by atoms with E-state index in [-0.39, 0.29) is 5.56 Å². The molecule has 3 rings (SSSR count). The Hall–Kier alpha value is -3.69. The predicted octanol–water partition coefficient (Wildman–Crippen LogP) is 2.12. The summed E-state index contributed by atoms with van der Waals surface area (Å²) in [5.74, 6) is -3.49. The molecule has 138 valence electrons. The highest BCUT2D eigenvalue weighted by Crippen LogP contribution is 2.18. The van der Waals surface area contributed by atoms with Gasteiger partial charge in [-0.15, -0.1) is 5.10 Å². The van der Waals surface area contributed by atoms with Gasteiger partial charge in [-0.2, -0.15) is 0 Å². The SMILES string of the molecule is C[C@H](OC(=O)c1ccc(-n2cnnn2)cc1)C(=O)Nc1c(F)cccc1F. The zero-order valence-electron chi connectivity index (χ0n) is 14.0. The summed E-state index contributed by atoms with van der Waals surface area (Å²) >= 11 is 0. The molecule has 0 saturated heterocycles. The Balaban J connectivity index is 1.64. The summed E-state index contributed by atoms with van der Waals surface area (Å²) in [5, 5.41) is 12.8. The molecule has 27 heavy (non-hydrogen) atoms. The molecule has 0 unspecified atom stereocenters. The fraction of sp³-hybridized carbons (Fsp3) is 0.118. The molecular weight excluding hydrogens is 360 g/mol. The number of hydrogen-bond donors (Lipinski definition) is 1. The van der Waals surface area contributed by atoms with Crippen molar-refractivity contribution >= 4 is 17.6 Å². The fourth-order valence-electron chi connectivity index (χ4n) is 2.15. The molecule has 10 heteroatoms. The van der Waals surface area contributed by atoms with E-state index in [1.165, 1.54) is 36.1 Å². The Kier molecular flexibility index (Phi) is 5.15. The molecule has 0 aliphatic heterocycles. The molecule has 8 nitrogen and oxygen atoms in total. The largest absolute Gasteiger partial charge is 0.449 e. The Bertz CT molecular complexity index is 941. The number of esters is 1. The third kappa shape index (κ3) is 4.11. The van der Waals surface area contributed by atoms with Gasteiger partial charge in [-0.25, -0.2) is 18.3 Å². The molecule has 1 N–H and O–H groups in total. The molecule has 0 aliphatic rings. The number of halogens is 2. The number of rotatable bonds is 5. The number of benzene rings is 2. The van der Waals surface area contributed by atoms with Crippen LogP contribution in [0.15, 0.2) is 48.8 Å². The van der Waals surface area contributed by atoms with Crippen LogP contribution in [0.2, 0.25) is 0 Å². The molecule has 2 aromatic carbocycles. The van der Waals surface area contributed by atoms with Crippen LogP contribution in [0.3, 0.4) is 0 Å². The van der Waals surface area contributed by atoms with Gasteiger partial charge in [0.25, 0.3) is 5.91 Å². The minimum atomic E-state index is -1.27. The van der Waals surface area contributed by atoms with Crippen LogP contribution < -0.4 is 5.32 Å². The van der Waals surface area contributed by atoms with Gasteiger partial charge in [0.05, 0.1) is 11.3 Å². The van der Waals surface area contributed by atoms with Crippen molar-refractivity contribution in [2.24, 2.45) is 0 Å². The molecular formula is C17H13F2N5O3. The third-order valence-electron chi connectivity index (χ3n) is 3.58. The summed E-state index contributed by atoms with van der Waals surface area (Å²) in [6.07, 6.45) is 0.123. The normalized spacial score (nSPS) is 11.7. The van der Waals surface area contributed by atoms with Gasteiger partial charge in [-0.3, -0.25) is 4.79 Å². The number of aromatic nitrogens is 4. The Morgan fingerprint density at radius 3 is 2.37 bits per heavy atom. The summed E-state index contributed by atoms with van der Waals surface area (Å²) in [5.41, 5.74) is 0.206. The predicted molar refractivity (Wildman–Crippen MR) is 89.0 cm³/mol. The molecule has 0 fully saturated rings. The average molecular weight is 373 g/mol. The van der Waals surface area contributed by atoms with Gasteiger partial charge >= 0.3 is 5.97 Å². The molecule has 3 aromatic rings. The Morgan fingerprint density at radius 2 is 1.78 bits per heavy atom. The Labute approximate surface area is 151 Å². The second-order valence-electron chi connectivity index (χ2n) is 5.43. The number of carbonyl (C=O) groups excluding carboxylic acids is 2. The van der Waals surface area contributed by atoms with E-state index < -0.39 is 35.3 Å². The molecule has 0 bridgehead atoms. The summed E-state index contributed by atoms with van der Waals surface area (Å²) in [6.45, 7) is 1.29. The van der Waals surface area contributed by atoms with E-state index in [1.54, 1.807) is 12.1 Å². The topological polar surface area (TPSA) is 99.0 Å². The van der Waals surface area contributed by atoms with Crippen LogP contribution in [-0.2, 0) is 9.53 Å². The van der Waals surface area contributed by atoms with Crippen molar-refractivity contribution in [3.05, 3.63) is 66.0 Å². The minimum Gasteiger partial charge on any atom is -0.449 e. The van der Waals surface area contributed by atoms with Crippen LogP contribution in [-0.4, -0.2) is 38.2 Å². The van der Waals surface area contributed by atoms with Crippen molar-refractivity contribution in [1.29, 1.82) is 0 Å². The maximum absolute atomic E-state index is 13.6. The number of ether oxygens (including phenoxy) is 1. The van der Waals surface area contributed by atoms with E-state index >= 15 is 0 Å². The quantitative estimate of drug-likeness (QED) is 0.688. The molecule has 1 aromatic heterocycles. The molecule has 1 heterocycles. The lowest BCUT2D eigenvalue weighted by Gasteiger charge is -2.14. The number of anilines is 1. The number of nitrogens with zero attached hydrogens (tertiary/aromatic N) is 4. The molecule has 0 aliphatic carbocycles. The van der Waals surface area contributed by atoms with E-state index in [4.69, 9.17) is 4.74 Å². The number of nitrogens with one attached hydrogen (secondary N) is 1. The second-order valence-corrected chi connectivity index (χ2v) is 5.43. The third-order valence-corrected chi connectivity index (χ3v) is 3.58. The average Bonchev–Trinajstić information content (AvgIpc) is 3.19. The molecule has 0 radical (unpaired) electrons. The van der Waals surface area contributed by atoms with Crippen molar-refractivity contribution in [2.75, 3.05) is 5.32 Å². The first-order valence-corrected chi connectivity index (χ1v) is 7.75. The van der Waals surface area contributed by atoms with Gasteiger partial charge in [-0.1, -0.05) is 6.07 Å². The number of hydrogen-bond acceptors (Lipinski definition) is 6. The van der Waals surface area contributed by atoms with Crippen molar-refractivity contribution in [3.63, 3.8) is 0 Å². The standard InChI is InChI=1S/C17H13F2N5O3/c1-10(16(25)21-15-13(18)3-2-4-14(15)19)27-17(26)11-5-7-12(8-6-11)24-9-20-22-23-24/h2-10H,1H3,(H,21,25)/t10-/m0/s1. The number of carbonyl (C=O) groups is 2. The van der Waals surface area contributed by atoms with Crippen molar-refractivity contribution in [2.45, 2.75) is 13.0 Å². The van der Waals surface area contributed by atoms with Gasteiger partial charge in [0.15, 0.2) is 6.10 Å². The molecule has 1 atom stereocenters. The highest BCUT2D eigenvalue weighted by molar-refractivity contribution is 5.97. The maximum Gasteiger partial charge on any atom is 0.338 e. The summed E-state index contributed by atoms with van der Waals surface area (Å²) in [6, 6.07) is 9.30. The van der Waals surface area contributed by atoms with Crippen molar-refractivity contribution in [1.82, 2.24) is 20.2 Å². The fourth-order valence-corrected chi connectivity index (χ4v) is 2.15. The van der Waals surface area contributed by atoms with Crippen LogP contribution in [0, 0.1) is 11.6 Å². The number of amides is 1. The number of para-hydroxylation sites is 1. The lowest BCUT2D eigenvalue weighted by atomic mass is 10.2. The number of tetrazole rings is 1. The van der Waals surface area contributed by atoms with Crippen LogP contribution in [0.25, 0.3) is 5.69 Å². The van der Waals surface area contributed by atoms with Gasteiger partial charge < -0.3 is 10.1 Å². The molecule has 1 amide bonds. The highest BCUT2D eigenvalue weighted by Gasteiger charge is 2.21. The zero-order valence-corrected chi connectivity index (χ0v) is 14.0. The minimum absolute atomic E-state index is 0.184. The monoisotopic (exact) mass is 373 g/mol. The highest BCUT2D eigenvalue weighted by atomic mass is 19.1. The second kappa shape index (κ2) is 7.68. The smallest absolute Gasteiger partial charge is 0.338 e. The first kappa shape index (κ1) is 18.1. The van der Waals surface area contributed by atoms with E-state index in [9.17, 15) is 18.4 Å². The van der Waals surface area contributed by atoms with Crippen LogP contribution in [0.4, 0.5) is 14.5 Å². The Morgan fingerprint density at radius 1 is 1.11 bits per heavy atom. The van der Waals surface area contributed by atoms with Gasteiger partial charge in [0.2, 0.25) is 0 Å². The van der Waals surface area contributed by atoms with Gasteiger partial charge in [-0.05, 0) is 53.7 Å². The van der Waals surface area contributed by atoms with E-state index in [0.29, 0.717) is 5.69 Å². The molecule has 0 saturated carbocycles. The molecule has 0 spiro atoms. The van der Waals surface area contributed by atoms with Crippen LogP contribution in [0.5, 0.6) is 0 Å². The van der Waals surface area contributed by atoms with Crippen LogP contribution >= 0.6 is 0 Å². The maximum atomic E-state index is 13.6. The summed E-state index contributed by atoms with van der Waals surface area (Å²) in [4.78, 5) is 24.2.